The molecule has 1 aromatic heterocycles. The normalized spacial score (nSPS) is 24.3. The minimum Gasteiger partial charge on any atom is -0.497 e. The smallest absolute Gasteiger partial charge is 0.307 e. The summed E-state index contributed by atoms with van der Waals surface area (Å²) in [4.78, 5) is 23.9. The minimum absolute atomic E-state index is 0.262. The summed E-state index contributed by atoms with van der Waals surface area (Å²) < 4.78 is 10.7. The molecule has 7 nitrogen and oxygen atoms in total. The number of hydrazone groups is 1. The Kier molecular flexibility index (Phi) is 3.99. The molecular formula is C19H18N2O5. The van der Waals surface area contributed by atoms with Crippen molar-refractivity contribution in [3.05, 3.63) is 54.0 Å². The van der Waals surface area contributed by atoms with E-state index in [1.807, 2.05) is 24.3 Å². The molecule has 1 aliphatic heterocycles. The van der Waals surface area contributed by atoms with Crippen LogP contribution in [0, 0.1) is 11.8 Å². The van der Waals surface area contributed by atoms with Gasteiger partial charge in [0.25, 0.3) is 0 Å². The topological polar surface area (TPSA) is 92.3 Å². The zero-order chi connectivity index (χ0) is 18.3. The van der Waals surface area contributed by atoms with Crippen LogP contribution in [0.15, 0.2) is 52.2 Å². The maximum atomic E-state index is 12.8. The quantitative estimate of drug-likeness (QED) is 0.891. The van der Waals surface area contributed by atoms with Crippen molar-refractivity contribution >= 4 is 17.6 Å². The fourth-order valence-electron chi connectivity index (χ4n) is 3.28. The van der Waals surface area contributed by atoms with E-state index in [4.69, 9.17) is 14.3 Å². The van der Waals surface area contributed by atoms with Gasteiger partial charge in [-0.3, -0.25) is 9.59 Å². The van der Waals surface area contributed by atoms with Crippen molar-refractivity contribution in [1.82, 2.24) is 5.01 Å². The van der Waals surface area contributed by atoms with E-state index in [2.05, 4.69) is 5.10 Å². The molecule has 2 aliphatic rings. The van der Waals surface area contributed by atoms with E-state index in [9.17, 15) is 9.59 Å². The molecule has 0 bridgehead atoms. The van der Waals surface area contributed by atoms with Crippen LogP contribution in [0.1, 0.15) is 30.2 Å². The monoisotopic (exact) mass is 354 g/mol. The first kappa shape index (κ1) is 16.4. The molecular weight excluding hydrogens is 336 g/mol. The number of hydrogen-bond donors (Lipinski definition) is 1. The Balaban J connectivity index is 1.62. The van der Waals surface area contributed by atoms with E-state index >= 15 is 0 Å². The Morgan fingerprint density at radius 1 is 1.23 bits per heavy atom. The van der Waals surface area contributed by atoms with Gasteiger partial charge in [-0.1, -0.05) is 0 Å². The summed E-state index contributed by atoms with van der Waals surface area (Å²) in [7, 11) is 1.60. The Morgan fingerprint density at radius 2 is 2.00 bits per heavy atom. The fourth-order valence-corrected chi connectivity index (χ4v) is 3.28. The zero-order valence-electron chi connectivity index (χ0n) is 14.2. The fraction of sp³-hybridized carbons (Fsp3) is 0.316. The van der Waals surface area contributed by atoms with Gasteiger partial charge in [-0.2, -0.15) is 5.10 Å². The van der Waals surface area contributed by atoms with Crippen molar-refractivity contribution in [2.75, 3.05) is 7.11 Å². The highest BCUT2D eigenvalue weighted by Crippen LogP contribution is 2.44. The van der Waals surface area contributed by atoms with Gasteiger partial charge >= 0.3 is 5.97 Å². The first-order chi connectivity index (χ1) is 12.6. The van der Waals surface area contributed by atoms with E-state index < -0.39 is 17.8 Å². The molecule has 134 valence electrons. The van der Waals surface area contributed by atoms with E-state index in [-0.39, 0.29) is 11.9 Å². The highest BCUT2D eigenvalue weighted by molar-refractivity contribution is 6.03. The second-order valence-corrected chi connectivity index (χ2v) is 6.48. The number of carbonyl (C=O) groups excluding carboxylic acids is 1. The number of ether oxygens (including phenoxy) is 1. The van der Waals surface area contributed by atoms with Gasteiger partial charge in [-0.15, -0.1) is 0 Å². The molecule has 2 heterocycles. The van der Waals surface area contributed by atoms with Crippen LogP contribution in [-0.2, 0) is 9.59 Å². The Labute approximate surface area is 149 Å². The second-order valence-electron chi connectivity index (χ2n) is 6.48. The number of rotatable bonds is 5. The lowest BCUT2D eigenvalue weighted by molar-refractivity contribution is -0.142. The number of amides is 1. The van der Waals surface area contributed by atoms with Crippen molar-refractivity contribution in [3.8, 4) is 5.75 Å². The number of furan rings is 1. The van der Waals surface area contributed by atoms with Crippen molar-refractivity contribution in [2.24, 2.45) is 16.9 Å². The SMILES string of the molecule is COc1ccc(C2=NN(C(=O)C3CC3C(=O)O)C(c3ccco3)C2)cc1. The molecule has 1 fully saturated rings. The molecule has 2 aromatic rings. The van der Waals surface area contributed by atoms with Crippen molar-refractivity contribution in [3.63, 3.8) is 0 Å². The summed E-state index contributed by atoms with van der Waals surface area (Å²) >= 11 is 0. The molecule has 0 spiro atoms. The van der Waals surface area contributed by atoms with E-state index in [1.54, 1.807) is 25.5 Å². The van der Waals surface area contributed by atoms with E-state index in [0.717, 1.165) is 17.0 Å². The lowest BCUT2D eigenvalue weighted by Crippen LogP contribution is -2.29. The van der Waals surface area contributed by atoms with Gasteiger partial charge < -0.3 is 14.3 Å². The molecule has 1 aromatic carbocycles. The summed E-state index contributed by atoms with van der Waals surface area (Å²) in [6.45, 7) is 0. The van der Waals surface area contributed by atoms with Crippen molar-refractivity contribution in [2.45, 2.75) is 18.9 Å². The van der Waals surface area contributed by atoms with E-state index in [1.165, 1.54) is 5.01 Å². The Morgan fingerprint density at radius 3 is 2.58 bits per heavy atom. The third kappa shape index (κ3) is 2.85. The first-order valence-electron chi connectivity index (χ1n) is 8.39. The maximum absolute atomic E-state index is 12.8. The number of benzene rings is 1. The molecule has 1 N–H and O–H groups in total. The molecule has 0 saturated heterocycles. The summed E-state index contributed by atoms with van der Waals surface area (Å²) in [5.41, 5.74) is 1.65. The van der Waals surface area contributed by atoms with Crippen LogP contribution in [0.5, 0.6) is 5.75 Å². The highest BCUT2D eigenvalue weighted by atomic mass is 16.5. The standard InChI is InChI=1S/C19H18N2O5/c1-25-12-6-4-11(5-7-12)15-10-16(17-3-2-8-26-17)21(20-15)18(22)13-9-14(13)19(23)24/h2-8,13-14,16H,9-10H2,1H3,(H,23,24). The van der Waals surface area contributed by atoms with Crippen LogP contribution in [0.25, 0.3) is 0 Å². The highest BCUT2D eigenvalue weighted by Gasteiger charge is 2.52. The number of aliphatic carboxylic acids is 1. The third-order valence-electron chi connectivity index (χ3n) is 4.86. The summed E-state index contributed by atoms with van der Waals surface area (Å²) in [6.07, 6.45) is 2.43. The summed E-state index contributed by atoms with van der Waals surface area (Å²) in [5, 5.41) is 15.0. The summed E-state index contributed by atoms with van der Waals surface area (Å²) in [6, 6.07) is 10.7. The van der Waals surface area contributed by atoms with Gasteiger partial charge in [-0.25, -0.2) is 5.01 Å². The number of hydrogen-bond acceptors (Lipinski definition) is 5. The van der Waals surface area contributed by atoms with Crippen LogP contribution in [0.2, 0.25) is 0 Å². The maximum Gasteiger partial charge on any atom is 0.307 e. The lowest BCUT2D eigenvalue weighted by atomic mass is 10.0. The lowest BCUT2D eigenvalue weighted by Gasteiger charge is -2.19. The van der Waals surface area contributed by atoms with Crippen LogP contribution in [-0.4, -0.2) is 34.8 Å². The second kappa shape index (κ2) is 6.33. The number of carboxylic acids is 1. The van der Waals surface area contributed by atoms with Gasteiger partial charge in [0, 0.05) is 6.42 Å². The molecule has 1 saturated carbocycles. The Bertz CT molecular complexity index is 857. The third-order valence-corrected chi connectivity index (χ3v) is 4.86. The minimum atomic E-state index is -0.934. The average Bonchev–Trinajstić information content (AvgIpc) is 3.06. The van der Waals surface area contributed by atoms with Crippen molar-refractivity contribution < 1.29 is 23.8 Å². The molecule has 4 rings (SSSR count). The van der Waals surface area contributed by atoms with Gasteiger partial charge in [0.2, 0.25) is 5.91 Å². The number of carboxylic acid groups (broad SMARTS) is 1. The zero-order valence-corrected chi connectivity index (χ0v) is 14.2. The number of methoxy groups -OCH3 is 1. The Hall–Kier alpha value is -3.09. The van der Waals surface area contributed by atoms with Gasteiger partial charge in [0.15, 0.2) is 0 Å². The average molecular weight is 354 g/mol. The molecule has 1 aliphatic carbocycles. The van der Waals surface area contributed by atoms with E-state index in [0.29, 0.717) is 18.6 Å². The van der Waals surface area contributed by atoms with Crippen molar-refractivity contribution in [1.29, 1.82) is 0 Å². The number of nitrogens with zero attached hydrogens (tertiary/aromatic N) is 2. The van der Waals surface area contributed by atoms with Crippen LogP contribution < -0.4 is 4.74 Å². The predicted molar refractivity (Wildman–Crippen MR) is 91.7 cm³/mol. The van der Waals surface area contributed by atoms with Gasteiger partial charge in [0.1, 0.15) is 17.6 Å². The first-order valence-corrected chi connectivity index (χ1v) is 8.39. The predicted octanol–water partition coefficient (Wildman–Crippen LogP) is 2.69. The van der Waals surface area contributed by atoms with Crippen LogP contribution >= 0.6 is 0 Å². The molecule has 7 heteroatoms. The molecule has 3 atom stereocenters. The largest absolute Gasteiger partial charge is 0.497 e. The van der Waals surface area contributed by atoms with Gasteiger partial charge in [-0.05, 0) is 48.4 Å². The number of carbonyl (C=O) groups is 2. The van der Waals surface area contributed by atoms with Gasteiger partial charge in [0.05, 0.1) is 30.9 Å². The molecule has 3 unspecified atom stereocenters. The van der Waals surface area contributed by atoms with Crippen LogP contribution in [0.4, 0.5) is 0 Å². The molecule has 0 radical (unpaired) electrons. The summed E-state index contributed by atoms with van der Waals surface area (Å²) in [5.74, 6) is -0.939. The van der Waals surface area contributed by atoms with Crippen LogP contribution in [0.3, 0.4) is 0 Å². The molecule has 1 amide bonds. The molecule has 26 heavy (non-hydrogen) atoms.